The van der Waals surface area contributed by atoms with E-state index in [1.807, 2.05) is 0 Å². The predicted molar refractivity (Wildman–Crippen MR) is 79.9 cm³/mol. The van der Waals surface area contributed by atoms with Crippen LogP contribution in [0.4, 0.5) is 5.69 Å². The van der Waals surface area contributed by atoms with Gasteiger partial charge in [0, 0.05) is 38.4 Å². The average Bonchev–Trinajstić information content (AvgIpc) is 2.54. The van der Waals surface area contributed by atoms with Crippen LogP contribution in [0.25, 0.3) is 0 Å². The molecule has 1 aromatic carbocycles. The minimum atomic E-state index is -3.72. The summed E-state index contributed by atoms with van der Waals surface area (Å²) in [6.45, 7) is 0.520. The molecule has 0 aromatic heterocycles. The number of ether oxygens (including phenoxy) is 1. The number of nitrogens with two attached hydrogens (primary N) is 1. The molecule has 1 saturated heterocycles. The van der Waals surface area contributed by atoms with Gasteiger partial charge in [-0.15, -0.1) is 0 Å². The average molecular weight is 329 g/mol. The molecule has 0 saturated carbocycles. The second-order valence-corrected chi connectivity index (χ2v) is 7.03. The Hall–Kier alpha value is -1.55. The van der Waals surface area contributed by atoms with Crippen LogP contribution in [-0.2, 0) is 14.8 Å². The number of benzene rings is 1. The molecule has 1 aliphatic heterocycles. The van der Waals surface area contributed by atoms with Crippen molar-refractivity contribution in [2.75, 3.05) is 20.2 Å². The van der Waals surface area contributed by atoms with Gasteiger partial charge in [0.15, 0.2) is 0 Å². The van der Waals surface area contributed by atoms with E-state index in [1.54, 1.807) is 7.11 Å². The monoisotopic (exact) mass is 329 g/mol. The Labute approximate surface area is 129 Å². The van der Waals surface area contributed by atoms with Crippen molar-refractivity contribution in [3.8, 4) is 0 Å². The third kappa shape index (κ3) is 3.27. The Bertz CT molecular complexity index is 632. The second-order valence-electron chi connectivity index (χ2n) is 5.14. The molecule has 0 spiro atoms. The summed E-state index contributed by atoms with van der Waals surface area (Å²) in [6.07, 6.45) is 1.13. The maximum absolute atomic E-state index is 12.7. The Kier molecular flexibility index (Phi) is 5.12. The fourth-order valence-corrected chi connectivity index (χ4v) is 4.27. The molecule has 2 unspecified atom stereocenters. The molecule has 2 N–H and O–H groups in total. The lowest BCUT2D eigenvalue weighted by molar-refractivity contribution is -0.384. The van der Waals surface area contributed by atoms with Crippen molar-refractivity contribution in [1.29, 1.82) is 0 Å². The van der Waals surface area contributed by atoms with E-state index in [1.165, 1.54) is 28.6 Å². The maximum Gasteiger partial charge on any atom is 0.269 e. The highest BCUT2D eigenvalue weighted by molar-refractivity contribution is 7.89. The summed E-state index contributed by atoms with van der Waals surface area (Å²) in [4.78, 5) is 10.1. The lowest BCUT2D eigenvalue weighted by Crippen LogP contribution is -2.51. The quantitative estimate of drug-likeness (QED) is 0.628. The van der Waals surface area contributed by atoms with E-state index in [0.717, 1.165) is 0 Å². The van der Waals surface area contributed by atoms with Crippen LogP contribution in [0.5, 0.6) is 0 Å². The van der Waals surface area contributed by atoms with E-state index < -0.39 is 14.9 Å². The van der Waals surface area contributed by atoms with Crippen molar-refractivity contribution >= 4 is 15.7 Å². The van der Waals surface area contributed by atoms with Gasteiger partial charge in [0.05, 0.1) is 15.9 Å². The van der Waals surface area contributed by atoms with Gasteiger partial charge in [-0.2, -0.15) is 4.31 Å². The van der Waals surface area contributed by atoms with Crippen LogP contribution in [0.15, 0.2) is 29.2 Å². The minimum absolute atomic E-state index is 0.00291. The molecule has 0 amide bonds. The summed E-state index contributed by atoms with van der Waals surface area (Å²) in [7, 11) is -2.13. The van der Waals surface area contributed by atoms with Crippen molar-refractivity contribution in [1.82, 2.24) is 4.31 Å². The smallest absolute Gasteiger partial charge is 0.269 e. The molecule has 9 heteroatoms. The molecule has 1 fully saturated rings. The number of non-ortho nitro benzene ring substituents is 1. The molecule has 2 rings (SSSR count). The molecule has 1 heterocycles. The molecule has 1 aliphatic rings. The lowest BCUT2D eigenvalue weighted by Gasteiger charge is -2.37. The highest BCUT2D eigenvalue weighted by Crippen LogP contribution is 2.27. The third-order valence-corrected chi connectivity index (χ3v) is 5.84. The number of hydrogen-bond donors (Lipinski definition) is 1. The normalized spacial score (nSPS) is 23.4. The number of hydrogen-bond acceptors (Lipinski definition) is 6. The van der Waals surface area contributed by atoms with Gasteiger partial charge in [-0.25, -0.2) is 8.42 Å². The SMILES string of the molecule is COC1CCN(S(=O)(=O)c2ccc([N+](=O)[O-])cc2)C(CN)C1. The summed E-state index contributed by atoms with van der Waals surface area (Å²) < 4.78 is 32.0. The van der Waals surface area contributed by atoms with Crippen LogP contribution in [0.1, 0.15) is 12.8 Å². The third-order valence-electron chi connectivity index (χ3n) is 3.87. The first-order valence-electron chi connectivity index (χ1n) is 6.89. The van der Waals surface area contributed by atoms with Crippen molar-refractivity contribution in [2.24, 2.45) is 5.73 Å². The van der Waals surface area contributed by atoms with E-state index in [4.69, 9.17) is 10.5 Å². The van der Waals surface area contributed by atoms with E-state index in [0.29, 0.717) is 19.4 Å². The zero-order valence-corrected chi connectivity index (χ0v) is 13.0. The van der Waals surface area contributed by atoms with Gasteiger partial charge in [0.1, 0.15) is 0 Å². The summed E-state index contributed by atoms with van der Waals surface area (Å²) >= 11 is 0. The van der Waals surface area contributed by atoms with Gasteiger partial charge in [-0.1, -0.05) is 0 Å². The summed E-state index contributed by atoms with van der Waals surface area (Å²) in [5, 5.41) is 10.6. The topological polar surface area (TPSA) is 116 Å². The first-order chi connectivity index (χ1) is 10.4. The number of methoxy groups -OCH3 is 1. The maximum atomic E-state index is 12.7. The molecule has 0 bridgehead atoms. The van der Waals surface area contributed by atoms with Crippen LogP contribution in [0.2, 0.25) is 0 Å². The van der Waals surface area contributed by atoms with Crippen molar-refractivity contribution in [3.63, 3.8) is 0 Å². The second kappa shape index (κ2) is 6.69. The number of nitro benzene ring substituents is 1. The van der Waals surface area contributed by atoms with Gasteiger partial charge in [-0.3, -0.25) is 10.1 Å². The van der Waals surface area contributed by atoms with E-state index in [2.05, 4.69) is 0 Å². The molecule has 22 heavy (non-hydrogen) atoms. The zero-order valence-electron chi connectivity index (χ0n) is 12.2. The molecule has 0 aliphatic carbocycles. The number of nitro groups is 1. The lowest BCUT2D eigenvalue weighted by atomic mass is 10.0. The van der Waals surface area contributed by atoms with Crippen molar-refractivity contribution < 1.29 is 18.1 Å². The van der Waals surface area contributed by atoms with E-state index in [9.17, 15) is 18.5 Å². The Morgan fingerprint density at radius 1 is 1.41 bits per heavy atom. The molecular formula is C13H19N3O5S. The fraction of sp³-hybridized carbons (Fsp3) is 0.538. The summed E-state index contributed by atoms with van der Waals surface area (Å²) in [5.41, 5.74) is 5.55. The zero-order chi connectivity index (χ0) is 16.3. The Morgan fingerprint density at radius 3 is 2.55 bits per heavy atom. The largest absolute Gasteiger partial charge is 0.381 e. The van der Waals surface area contributed by atoms with Crippen LogP contribution in [0, 0.1) is 10.1 Å². The molecule has 2 atom stereocenters. The molecule has 0 radical (unpaired) electrons. The highest BCUT2D eigenvalue weighted by atomic mass is 32.2. The predicted octanol–water partition coefficient (Wildman–Crippen LogP) is 0.722. The van der Waals surface area contributed by atoms with Gasteiger partial charge >= 0.3 is 0 Å². The Balaban J connectivity index is 2.27. The Morgan fingerprint density at radius 2 is 2.05 bits per heavy atom. The number of nitrogens with zero attached hydrogens (tertiary/aromatic N) is 2. The van der Waals surface area contributed by atoms with Gasteiger partial charge in [0.25, 0.3) is 5.69 Å². The summed E-state index contributed by atoms with van der Waals surface area (Å²) in [6, 6.07) is 4.55. The van der Waals surface area contributed by atoms with Crippen LogP contribution < -0.4 is 5.73 Å². The number of rotatable bonds is 5. The number of sulfonamides is 1. The first kappa shape index (κ1) is 16.8. The van der Waals surface area contributed by atoms with Crippen molar-refractivity contribution in [2.45, 2.75) is 29.9 Å². The molecule has 1 aromatic rings. The van der Waals surface area contributed by atoms with Crippen LogP contribution in [0.3, 0.4) is 0 Å². The standard InChI is InChI=1S/C13H19N3O5S/c1-21-12-6-7-15(11(8-12)9-14)22(19,20)13-4-2-10(3-5-13)16(17)18/h2-5,11-12H,6-9,14H2,1H3. The summed E-state index contributed by atoms with van der Waals surface area (Å²) in [5.74, 6) is 0. The first-order valence-corrected chi connectivity index (χ1v) is 8.33. The molecular weight excluding hydrogens is 310 g/mol. The fourth-order valence-electron chi connectivity index (χ4n) is 2.61. The van der Waals surface area contributed by atoms with Crippen molar-refractivity contribution in [3.05, 3.63) is 34.4 Å². The van der Waals surface area contributed by atoms with E-state index >= 15 is 0 Å². The van der Waals surface area contributed by atoms with E-state index in [-0.39, 0.29) is 29.3 Å². The van der Waals surface area contributed by atoms with Crippen LogP contribution >= 0.6 is 0 Å². The van der Waals surface area contributed by atoms with Crippen LogP contribution in [-0.4, -0.2) is 50.0 Å². The highest BCUT2D eigenvalue weighted by Gasteiger charge is 2.36. The van der Waals surface area contributed by atoms with Gasteiger partial charge in [-0.05, 0) is 25.0 Å². The molecule has 122 valence electrons. The van der Waals surface area contributed by atoms with Gasteiger partial charge < -0.3 is 10.5 Å². The number of piperidine rings is 1. The molecule has 8 nitrogen and oxygen atoms in total. The minimum Gasteiger partial charge on any atom is -0.381 e. The van der Waals surface area contributed by atoms with Gasteiger partial charge in [0.2, 0.25) is 10.0 Å².